The number of amides is 1. The SMILES string of the molecule is CCN(CC)CCN(C(=O)c1cccc(C(F)(F)F)c1)c1nc2cc3c(cc2s1)OCCO3.Cl. The van der Waals surface area contributed by atoms with E-state index in [-0.39, 0.29) is 18.0 Å². The number of carbonyl (C=O) groups excluding carboxylic acids is 1. The predicted octanol–water partition coefficient (Wildman–Crippen LogP) is 5.50. The van der Waals surface area contributed by atoms with E-state index in [1.807, 2.05) is 19.9 Å². The first-order chi connectivity index (χ1) is 15.8. The number of fused-ring (bicyclic) bond motifs is 2. The van der Waals surface area contributed by atoms with Gasteiger partial charge in [0.05, 0.1) is 15.8 Å². The second kappa shape index (κ2) is 10.8. The zero-order valence-electron chi connectivity index (χ0n) is 18.7. The van der Waals surface area contributed by atoms with Crippen molar-refractivity contribution in [1.82, 2.24) is 9.88 Å². The molecule has 184 valence electrons. The Morgan fingerprint density at radius 3 is 2.38 bits per heavy atom. The van der Waals surface area contributed by atoms with Crippen molar-refractivity contribution in [2.24, 2.45) is 0 Å². The highest BCUT2D eigenvalue weighted by Gasteiger charge is 2.32. The summed E-state index contributed by atoms with van der Waals surface area (Å²) < 4.78 is 51.7. The van der Waals surface area contributed by atoms with E-state index in [1.165, 1.54) is 28.4 Å². The molecular formula is C23H25ClF3N3O3S. The fourth-order valence-electron chi connectivity index (χ4n) is 3.62. The van der Waals surface area contributed by atoms with Crippen LogP contribution in [0.5, 0.6) is 11.5 Å². The van der Waals surface area contributed by atoms with Crippen molar-refractivity contribution in [3.63, 3.8) is 0 Å². The highest BCUT2D eigenvalue weighted by atomic mass is 35.5. The van der Waals surface area contributed by atoms with Crippen LogP contribution in [0.15, 0.2) is 36.4 Å². The molecule has 0 radical (unpaired) electrons. The maximum Gasteiger partial charge on any atom is 0.416 e. The molecule has 0 unspecified atom stereocenters. The minimum atomic E-state index is -4.53. The Hall–Kier alpha value is -2.56. The Bertz CT molecular complexity index is 1110. The van der Waals surface area contributed by atoms with Crippen LogP contribution in [0.1, 0.15) is 29.8 Å². The van der Waals surface area contributed by atoms with Crippen LogP contribution in [-0.2, 0) is 6.18 Å². The number of benzene rings is 2. The molecule has 1 aliphatic rings. The number of hydrogen-bond donors (Lipinski definition) is 0. The first-order valence-corrected chi connectivity index (χ1v) is 11.5. The number of aromatic nitrogens is 1. The van der Waals surface area contributed by atoms with Crippen molar-refractivity contribution >= 4 is 45.0 Å². The van der Waals surface area contributed by atoms with E-state index in [2.05, 4.69) is 9.88 Å². The minimum absolute atomic E-state index is 0. The fourth-order valence-corrected chi connectivity index (χ4v) is 4.62. The average molecular weight is 516 g/mol. The molecule has 1 aromatic heterocycles. The van der Waals surface area contributed by atoms with Gasteiger partial charge in [0, 0.05) is 30.8 Å². The van der Waals surface area contributed by atoms with E-state index in [0.717, 1.165) is 29.9 Å². The van der Waals surface area contributed by atoms with E-state index < -0.39 is 17.6 Å². The van der Waals surface area contributed by atoms with E-state index in [0.29, 0.717) is 48.5 Å². The number of carbonyl (C=O) groups is 1. The average Bonchev–Trinajstić information content (AvgIpc) is 3.22. The summed E-state index contributed by atoms with van der Waals surface area (Å²) in [4.78, 5) is 21.6. The molecule has 0 fully saturated rings. The third kappa shape index (κ3) is 5.56. The van der Waals surface area contributed by atoms with Crippen LogP contribution in [0.3, 0.4) is 0 Å². The van der Waals surface area contributed by atoms with Crippen molar-refractivity contribution in [3.8, 4) is 11.5 Å². The Morgan fingerprint density at radius 1 is 1.06 bits per heavy atom. The molecule has 2 aromatic carbocycles. The highest BCUT2D eigenvalue weighted by Crippen LogP contribution is 2.39. The molecule has 0 spiro atoms. The van der Waals surface area contributed by atoms with Gasteiger partial charge in [-0.05, 0) is 31.3 Å². The minimum Gasteiger partial charge on any atom is -0.486 e. The second-order valence-corrected chi connectivity index (χ2v) is 8.53. The normalized spacial score (nSPS) is 13.1. The summed E-state index contributed by atoms with van der Waals surface area (Å²) >= 11 is 1.30. The topological polar surface area (TPSA) is 54.9 Å². The first-order valence-electron chi connectivity index (χ1n) is 10.7. The lowest BCUT2D eigenvalue weighted by atomic mass is 10.1. The number of anilines is 1. The van der Waals surface area contributed by atoms with Crippen LogP contribution in [-0.4, -0.2) is 55.2 Å². The van der Waals surface area contributed by atoms with Gasteiger partial charge in [0.2, 0.25) is 0 Å². The van der Waals surface area contributed by atoms with Gasteiger partial charge in [0.25, 0.3) is 5.91 Å². The van der Waals surface area contributed by atoms with E-state index >= 15 is 0 Å². The molecular weight excluding hydrogens is 491 g/mol. The first kappa shape index (κ1) is 26.1. The molecule has 0 bridgehead atoms. The van der Waals surface area contributed by atoms with Gasteiger partial charge < -0.3 is 14.4 Å². The van der Waals surface area contributed by atoms with Crippen molar-refractivity contribution < 1.29 is 27.4 Å². The third-order valence-corrected chi connectivity index (χ3v) is 6.53. The molecule has 0 atom stereocenters. The summed E-state index contributed by atoms with van der Waals surface area (Å²) in [6, 6.07) is 8.08. The van der Waals surface area contributed by atoms with Crippen LogP contribution in [0, 0.1) is 0 Å². The van der Waals surface area contributed by atoms with Crippen LogP contribution >= 0.6 is 23.7 Å². The monoisotopic (exact) mass is 515 g/mol. The molecule has 1 amide bonds. The van der Waals surface area contributed by atoms with E-state index in [1.54, 1.807) is 6.07 Å². The summed E-state index contributed by atoms with van der Waals surface area (Å²) in [6.07, 6.45) is -4.53. The number of ether oxygens (including phenoxy) is 2. The maximum absolute atomic E-state index is 13.4. The molecule has 34 heavy (non-hydrogen) atoms. The van der Waals surface area contributed by atoms with Crippen LogP contribution in [0.4, 0.5) is 18.3 Å². The van der Waals surface area contributed by atoms with Gasteiger partial charge >= 0.3 is 6.18 Å². The van der Waals surface area contributed by atoms with Gasteiger partial charge in [-0.1, -0.05) is 31.3 Å². The summed E-state index contributed by atoms with van der Waals surface area (Å²) in [6.45, 7) is 7.38. The molecule has 6 nitrogen and oxygen atoms in total. The lowest BCUT2D eigenvalue weighted by Crippen LogP contribution is -2.39. The number of alkyl halides is 3. The molecule has 0 saturated heterocycles. The zero-order valence-corrected chi connectivity index (χ0v) is 20.4. The molecule has 3 aromatic rings. The summed E-state index contributed by atoms with van der Waals surface area (Å²) in [5, 5.41) is 0.418. The van der Waals surface area contributed by atoms with Gasteiger partial charge in [0.15, 0.2) is 16.6 Å². The van der Waals surface area contributed by atoms with Crippen LogP contribution in [0.25, 0.3) is 10.2 Å². The van der Waals surface area contributed by atoms with Crippen molar-refractivity contribution in [1.29, 1.82) is 0 Å². The van der Waals surface area contributed by atoms with Gasteiger partial charge in [-0.2, -0.15) is 13.2 Å². The van der Waals surface area contributed by atoms with Gasteiger partial charge in [0.1, 0.15) is 13.2 Å². The maximum atomic E-state index is 13.4. The Labute approximate surface area is 205 Å². The van der Waals surface area contributed by atoms with E-state index in [4.69, 9.17) is 9.47 Å². The van der Waals surface area contributed by atoms with Gasteiger partial charge in [-0.3, -0.25) is 9.69 Å². The molecule has 1 aliphatic heterocycles. The number of likely N-dealkylation sites (N-methyl/N-ethyl adjacent to an activating group) is 1. The lowest BCUT2D eigenvalue weighted by molar-refractivity contribution is -0.137. The van der Waals surface area contributed by atoms with Crippen molar-refractivity contribution in [2.45, 2.75) is 20.0 Å². The van der Waals surface area contributed by atoms with Crippen LogP contribution in [0.2, 0.25) is 0 Å². The standard InChI is InChI=1S/C23H24F3N3O3S.ClH/c1-3-28(4-2)8-9-29(21(30)15-6-5-7-16(12-15)23(24,25)26)22-27-17-13-18-19(14-20(17)33-22)32-11-10-31-18;/h5-7,12-14H,3-4,8-11H2,1-2H3;1H. The van der Waals surface area contributed by atoms with Crippen molar-refractivity contribution in [3.05, 3.63) is 47.5 Å². The molecule has 0 N–H and O–H groups in total. The molecule has 4 rings (SSSR count). The van der Waals surface area contributed by atoms with E-state index in [9.17, 15) is 18.0 Å². The summed E-state index contributed by atoms with van der Waals surface area (Å²) in [5.41, 5.74) is -0.248. The predicted molar refractivity (Wildman–Crippen MR) is 129 cm³/mol. The number of nitrogens with zero attached hydrogens (tertiary/aromatic N) is 3. The molecule has 0 aliphatic carbocycles. The third-order valence-electron chi connectivity index (χ3n) is 5.49. The van der Waals surface area contributed by atoms with Gasteiger partial charge in [-0.15, -0.1) is 12.4 Å². The smallest absolute Gasteiger partial charge is 0.416 e. The number of thiazole rings is 1. The fraction of sp³-hybridized carbons (Fsp3) is 0.391. The lowest BCUT2D eigenvalue weighted by Gasteiger charge is -2.25. The Kier molecular flexibility index (Phi) is 8.27. The Morgan fingerprint density at radius 2 is 1.74 bits per heavy atom. The van der Waals surface area contributed by atoms with Crippen LogP contribution < -0.4 is 14.4 Å². The number of halogens is 4. The number of hydrogen-bond acceptors (Lipinski definition) is 6. The molecule has 0 saturated carbocycles. The second-order valence-electron chi connectivity index (χ2n) is 7.52. The summed E-state index contributed by atoms with van der Waals surface area (Å²) in [7, 11) is 0. The highest BCUT2D eigenvalue weighted by molar-refractivity contribution is 7.22. The van der Waals surface area contributed by atoms with Crippen molar-refractivity contribution in [2.75, 3.05) is 44.3 Å². The number of rotatable bonds is 7. The zero-order chi connectivity index (χ0) is 23.6. The van der Waals surface area contributed by atoms with Gasteiger partial charge in [-0.25, -0.2) is 4.98 Å². The molecule has 11 heteroatoms. The Balaban J connectivity index is 0.00000324. The largest absolute Gasteiger partial charge is 0.486 e. The summed E-state index contributed by atoms with van der Waals surface area (Å²) in [5.74, 6) is 0.678. The molecule has 2 heterocycles. The quantitative estimate of drug-likeness (QED) is 0.416.